The second kappa shape index (κ2) is 5.80. The van der Waals surface area contributed by atoms with Crippen molar-refractivity contribution in [2.75, 3.05) is 5.73 Å². The molecule has 21 heavy (non-hydrogen) atoms. The summed E-state index contributed by atoms with van der Waals surface area (Å²) < 4.78 is 1.60. The van der Waals surface area contributed by atoms with E-state index in [-0.39, 0.29) is 28.5 Å². The lowest BCUT2D eigenvalue weighted by atomic mass is 10.1. The van der Waals surface area contributed by atoms with E-state index in [0.717, 1.165) is 12.1 Å². The van der Waals surface area contributed by atoms with Gasteiger partial charge in [0.1, 0.15) is 0 Å². The van der Waals surface area contributed by atoms with Crippen LogP contribution in [0.4, 0.5) is 11.4 Å². The van der Waals surface area contributed by atoms with Gasteiger partial charge in [-0.05, 0) is 6.07 Å². The normalized spacial score (nSPS) is 10.4. The van der Waals surface area contributed by atoms with Crippen molar-refractivity contribution in [3.8, 4) is 0 Å². The number of nitrogens with two attached hydrogens (primary N) is 1. The molecule has 8 nitrogen and oxygen atoms in total. The number of nitrogen functional groups attached to an aromatic ring is 1. The van der Waals surface area contributed by atoms with Crippen molar-refractivity contribution < 1.29 is 9.72 Å². The third-order valence-electron chi connectivity index (χ3n) is 2.77. The number of non-ortho nitro benzene ring substituents is 1. The molecule has 3 N–H and O–H groups in total. The smallest absolute Gasteiger partial charge is 0.271 e. The van der Waals surface area contributed by atoms with E-state index >= 15 is 0 Å². The van der Waals surface area contributed by atoms with E-state index in [4.69, 9.17) is 17.3 Å². The summed E-state index contributed by atoms with van der Waals surface area (Å²) in [6.45, 7) is 0.180. The highest BCUT2D eigenvalue weighted by Crippen LogP contribution is 2.28. The Bertz CT molecular complexity index is 713. The summed E-state index contributed by atoms with van der Waals surface area (Å²) in [4.78, 5) is 22.2. The van der Waals surface area contributed by atoms with Crippen LogP contribution in [0.15, 0.2) is 24.4 Å². The molecular formula is C12H12ClN5O3. The number of carbonyl (C=O) groups is 1. The maximum atomic E-state index is 12.1. The third-order valence-corrected chi connectivity index (χ3v) is 3.08. The van der Waals surface area contributed by atoms with Gasteiger partial charge in [-0.1, -0.05) is 11.6 Å². The number of nitro benzene ring substituents is 1. The molecule has 0 aliphatic rings. The number of benzene rings is 1. The zero-order valence-electron chi connectivity index (χ0n) is 11.0. The highest BCUT2D eigenvalue weighted by molar-refractivity contribution is 6.34. The average molecular weight is 310 g/mol. The quantitative estimate of drug-likeness (QED) is 0.504. The number of aryl methyl sites for hydroxylation is 1. The van der Waals surface area contributed by atoms with Gasteiger partial charge >= 0.3 is 0 Å². The number of aromatic nitrogens is 2. The van der Waals surface area contributed by atoms with Crippen molar-refractivity contribution in [2.24, 2.45) is 7.05 Å². The lowest BCUT2D eigenvalue weighted by molar-refractivity contribution is -0.384. The van der Waals surface area contributed by atoms with Crippen LogP contribution in [0.3, 0.4) is 0 Å². The lowest BCUT2D eigenvalue weighted by Gasteiger charge is -2.08. The number of halogens is 1. The van der Waals surface area contributed by atoms with Gasteiger partial charge in [-0.25, -0.2) is 0 Å². The Kier molecular flexibility index (Phi) is 4.08. The van der Waals surface area contributed by atoms with Gasteiger partial charge in [0.15, 0.2) is 0 Å². The molecule has 2 aromatic rings. The molecule has 1 aromatic carbocycles. The molecule has 0 saturated carbocycles. The summed E-state index contributed by atoms with van der Waals surface area (Å²) in [6, 6.07) is 3.94. The van der Waals surface area contributed by atoms with Gasteiger partial charge in [0.25, 0.3) is 11.6 Å². The summed E-state index contributed by atoms with van der Waals surface area (Å²) in [5.41, 5.74) is 6.01. The Morgan fingerprint density at radius 3 is 2.86 bits per heavy atom. The van der Waals surface area contributed by atoms with Crippen molar-refractivity contribution in [1.82, 2.24) is 15.1 Å². The van der Waals surface area contributed by atoms with Gasteiger partial charge in [-0.15, -0.1) is 0 Å². The number of anilines is 1. The van der Waals surface area contributed by atoms with E-state index in [2.05, 4.69) is 10.4 Å². The van der Waals surface area contributed by atoms with Crippen LogP contribution in [-0.4, -0.2) is 20.6 Å². The second-order valence-electron chi connectivity index (χ2n) is 4.31. The first-order valence-electron chi connectivity index (χ1n) is 5.88. The number of carbonyl (C=O) groups excluding carboxylic acids is 1. The summed E-state index contributed by atoms with van der Waals surface area (Å²) in [6.07, 6.45) is 1.74. The summed E-state index contributed by atoms with van der Waals surface area (Å²) in [5.74, 6) is -0.552. The van der Waals surface area contributed by atoms with E-state index in [1.165, 1.54) is 0 Å². The Balaban J connectivity index is 2.20. The van der Waals surface area contributed by atoms with Crippen molar-refractivity contribution >= 4 is 28.9 Å². The zero-order valence-corrected chi connectivity index (χ0v) is 11.8. The minimum atomic E-state index is -0.638. The second-order valence-corrected chi connectivity index (χ2v) is 4.72. The van der Waals surface area contributed by atoms with E-state index < -0.39 is 10.8 Å². The molecule has 0 unspecified atom stereocenters. The zero-order chi connectivity index (χ0) is 15.6. The van der Waals surface area contributed by atoms with Crippen LogP contribution in [0.25, 0.3) is 0 Å². The highest BCUT2D eigenvalue weighted by Gasteiger charge is 2.18. The molecule has 0 radical (unpaired) electrons. The van der Waals surface area contributed by atoms with E-state index in [1.54, 1.807) is 24.0 Å². The minimum Gasteiger partial charge on any atom is -0.397 e. The molecule has 110 valence electrons. The van der Waals surface area contributed by atoms with Gasteiger partial charge in [0.2, 0.25) is 0 Å². The molecule has 0 aliphatic heterocycles. The van der Waals surface area contributed by atoms with Gasteiger partial charge in [0, 0.05) is 25.4 Å². The van der Waals surface area contributed by atoms with Crippen LogP contribution in [0.5, 0.6) is 0 Å². The van der Waals surface area contributed by atoms with Crippen molar-refractivity contribution in [3.05, 3.63) is 50.8 Å². The van der Waals surface area contributed by atoms with Gasteiger partial charge in [-0.3, -0.25) is 19.6 Å². The fourth-order valence-electron chi connectivity index (χ4n) is 1.72. The first-order chi connectivity index (χ1) is 9.88. The molecule has 0 aliphatic carbocycles. The fraction of sp³-hybridized carbons (Fsp3) is 0.167. The molecule has 1 heterocycles. The predicted molar refractivity (Wildman–Crippen MR) is 76.9 cm³/mol. The predicted octanol–water partition coefficient (Wildman–Crippen LogP) is 1.49. The molecule has 9 heteroatoms. The number of nitro groups is 1. The van der Waals surface area contributed by atoms with Gasteiger partial charge < -0.3 is 11.1 Å². The highest BCUT2D eigenvalue weighted by atomic mass is 35.5. The maximum Gasteiger partial charge on any atom is 0.271 e. The topological polar surface area (TPSA) is 116 Å². The van der Waals surface area contributed by atoms with Crippen LogP contribution in [0, 0.1) is 10.1 Å². The van der Waals surface area contributed by atoms with Crippen molar-refractivity contribution in [2.45, 2.75) is 6.54 Å². The molecule has 0 atom stereocenters. The molecule has 0 fully saturated rings. The molecule has 0 bridgehead atoms. The number of nitrogens with zero attached hydrogens (tertiary/aromatic N) is 3. The summed E-state index contributed by atoms with van der Waals surface area (Å²) in [7, 11) is 1.75. The molecule has 0 saturated heterocycles. The average Bonchev–Trinajstić information content (AvgIpc) is 2.84. The van der Waals surface area contributed by atoms with Crippen LogP contribution in [0.2, 0.25) is 5.02 Å². The molecular weight excluding hydrogens is 298 g/mol. The standard InChI is InChI=1S/C12H12ClN5O3/c1-17-3-2-7(16-17)6-15-12(19)9-4-8(18(20)21)5-10(13)11(9)14/h2-5H,6,14H2,1H3,(H,15,19). The molecule has 1 aromatic heterocycles. The number of nitrogens with one attached hydrogen (secondary N) is 1. The van der Waals surface area contributed by atoms with E-state index in [0.29, 0.717) is 5.69 Å². The Morgan fingerprint density at radius 1 is 1.57 bits per heavy atom. The van der Waals surface area contributed by atoms with Crippen molar-refractivity contribution in [3.63, 3.8) is 0 Å². The van der Waals surface area contributed by atoms with Crippen LogP contribution in [0.1, 0.15) is 16.1 Å². The number of amides is 1. The molecule has 0 spiro atoms. The fourth-order valence-corrected chi connectivity index (χ4v) is 1.93. The third kappa shape index (κ3) is 3.29. The maximum absolute atomic E-state index is 12.1. The number of hydrogen-bond acceptors (Lipinski definition) is 5. The van der Waals surface area contributed by atoms with Gasteiger partial charge in [-0.2, -0.15) is 5.10 Å². The van der Waals surface area contributed by atoms with E-state index in [9.17, 15) is 14.9 Å². The van der Waals surface area contributed by atoms with E-state index in [1.807, 2.05) is 0 Å². The number of hydrogen-bond donors (Lipinski definition) is 2. The van der Waals surface area contributed by atoms with Crippen molar-refractivity contribution in [1.29, 1.82) is 0 Å². The Labute approximate surface area is 124 Å². The summed E-state index contributed by atoms with van der Waals surface area (Å²) in [5, 5.41) is 17.4. The SMILES string of the molecule is Cn1ccc(CNC(=O)c2cc([N+](=O)[O-])cc(Cl)c2N)n1. The van der Waals surface area contributed by atoms with Crippen LogP contribution < -0.4 is 11.1 Å². The molecule has 2 rings (SSSR count). The van der Waals surface area contributed by atoms with Crippen LogP contribution >= 0.6 is 11.6 Å². The largest absolute Gasteiger partial charge is 0.397 e. The summed E-state index contributed by atoms with van der Waals surface area (Å²) >= 11 is 5.80. The van der Waals surface area contributed by atoms with Gasteiger partial charge in [0.05, 0.1) is 33.4 Å². The van der Waals surface area contributed by atoms with Crippen LogP contribution in [-0.2, 0) is 13.6 Å². The minimum absolute atomic E-state index is 0.000729. The first-order valence-corrected chi connectivity index (χ1v) is 6.26. The molecule has 1 amide bonds. The first kappa shape index (κ1) is 14.8. The lowest BCUT2D eigenvalue weighted by Crippen LogP contribution is -2.24. The number of rotatable bonds is 4. The monoisotopic (exact) mass is 309 g/mol. The Morgan fingerprint density at radius 2 is 2.29 bits per heavy atom. The Hall–Kier alpha value is -2.61.